The topological polar surface area (TPSA) is 95.1 Å². The number of anilines is 1. The van der Waals surface area contributed by atoms with E-state index in [-0.39, 0.29) is 23.1 Å². The fourth-order valence-electron chi connectivity index (χ4n) is 2.62. The van der Waals surface area contributed by atoms with Gasteiger partial charge < -0.3 is 10.2 Å². The number of pyridine rings is 1. The van der Waals surface area contributed by atoms with Crippen molar-refractivity contribution in [2.24, 2.45) is 0 Å². The van der Waals surface area contributed by atoms with Crippen LogP contribution >= 0.6 is 0 Å². The summed E-state index contributed by atoms with van der Waals surface area (Å²) in [5.74, 6) is 0.280. The number of rotatable bonds is 5. The predicted octanol–water partition coefficient (Wildman–Crippen LogP) is 1.83. The van der Waals surface area contributed by atoms with E-state index in [0.717, 1.165) is 19.4 Å². The Morgan fingerprint density at radius 3 is 2.95 bits per heavy atom. The molecule has 1 unspecified atom stereocenters. The first kappa shape index (κ1) is 15.2. The Kier molecular flexibility index (Phi) is 4.70. The molecule has 0 radical (unpaired) electrons. The lowest BCUT2D eigenvalue weighted by atomic mass is 10.1. The zero-order valence-electron chi connectivity index (χ0n) is 12.2. The lowest BCUT2D eigenvalue weighted by Crippen LogP contribution is -2.42. The highest BCUT2D eigenvalue weighted by Crippen LogP contribution is 2.30. The molecule has 0 bridgehead atoms. The Morgan fingerprint density at radius 1 is 1.67 bits per heavy atom. The monoisotopic (exact) mass is 289 g/mol. The molecule has 21 heavy (non-hydrogen) atoms. The van der Waals surface area contributed by atoms with Crippen LogP contribution in [0, 0.1) is 21.4 Å². The Morgan fingerprint density at radius 2 is 2.43 bits per heavy atom. The van der Waals surface area contributed by atoms with E-state index in [9.17, 15) is 10.1 Å². The number of nitro groups is 1. The fourth-order valence-corrected chi connectivity index (χ4v) is 2.62. The Balaban J connectivity index is 2.40. The SMILES string of the molecule is CC(C)N(CC1CCCN1)c1nccc(C#N)c1[N+](=O)[O-]. The van der Waals surface area contributed by atoms with Gasteiger partial charge in [-0.3, -0.25) is 10.1 Å². The first-order chi connectivity index (χ1) is 10.0. The molecule has 1 aliphatic heterocycles. The third-order valence-corrected chi connectivity index (χ3v) is 3.68. The summed E-state index contributed by atoms with van der Waals surface area (Å²) in [6.45, 7) is 5.57. The van der Waals surface area contributed by atoms with Crippen molar-refractivity contribution in [2.75, 3.05) is 18.0 Å². The van der Waals surface area contributed by atoms with E-state index < -0.39 is 4.92 Å². The maximum absolute atomic E-state index is 11.3. The standard InChI is InChI=1S/C14H19N5O2/c1-10(2)18(9-12-4-3-6-16-12)14-13(19(20)21)11(8-15)5-7-17-14/h5,7,10,12,16H,3-4,6,9H2,1-2H3. The highest BCUT2D eigenvalue weighted by Gasteiger charge is 2.29. The Labute approximate surface area is 123 Å². The molecule has 0 amide bonds. The molecule has 7 heteroatoms. The molecular weight excluding hydrogens is 270 g/mol. The first-order valence-electron chi connectivity index (χ1n) is 7.08. The molecule has 0 aliphatic carbocycles. The molecule has 1 N–H and O–H groups in total. The number of hydrogen-bond donors (Lipinski definition) is 1. The quantitative estimate of drug-likeness (QED) is 0.656. The van der Waals surface area contributed by atoms with Gasteiger partial charge in [0.15, 0.2) is 0 Å². The third kappa shape index (κ3) is 3.28. The second kappa shape index (κ2) is 6.50. The van der Waals surface area contributed by atoms with Gasteiger partial charge in [0.05, 0.1) is 4.92 Å². The van der Waals surface area contributed by atoms with Gasteiger partial charge >= 0.3 is 5.69 Å². The Bertz CT molecular complexity index is 561. The van der Waals surface area contributed by atoms with E-state index in [1.54, 1.807) is 0 Å². The molecule has 0 spiro atoms. The lowest BCUT2D eigenvalue weighted by Gasteiger charge is -2.30. The van der Waals surface area contributed by atoms with Gasteiger partial charge in [-0.25, -0.2) is 4.98 Å². The number of aromatic nitrogens is 1. The molecule has 1 aromatic rings. The Hall–Kier alpha value is -2.20. The van der Waals surface area contributed by atoms with Gasteiger partial charge in [0.1, 0.15) is 11.6 Å². The van der Waals surface area contributed by atoms with Gasteiger partial charge in [0, 0.05) is 24.8 Å². The van der Waals surface area contributed by atoms with Crippen molar-refractivity contribution in [3.8, 4) is 6.07 Å². The minimum atomic E-state index is -0.516. The van der Waals surface area contributed by atoms with Crippen LogP contribution in [-0.2, 0) is 0 Å². The fraction of sp³-hybridized carbons (Fsp3) is 0.571. The molecule has 0 saturated carbocycles. The number of hydrogen-bond acceptors (Lipinski definition) is 6. The molecule has 112 valence electrons. The molecule has 2 heterocycles. The molecule has 0 aromatic carbocycles. The molecule has 2 rings (SSSR count). The molecular formula is C14H19N5O2. The second-order valence-electron chi connectivity index (χ2n) is 5.44. The minimum Gasteiger partial charge on any atom is -0.347 e. The maximum Gasteiger partial charge on any atom is 0.329 e. The largest absolute Gasteiger partial charge is 0.347 e. The van der Waals surface area contributed by atoms with Crippen LogP contribution in [0.2, 0.25) is 0 Å². The third-order valence-electron chi connectivity index (χ3n) is 3.68. The second-order valence-corrected chi connectivity index (χ2v) is 5.44. The van der Waals surface area contributed by atoms with E-state index in [2.05, 4.69) is 10.3 Å². The summed E-state index contributed by atoms with van der Waals surface area (Å²) < 4.78 is 0. The van der Waals surface area contributed by atoms with Crippen LogP contribution in [0.3, 0.4) is 0 Å². The number of nitrogens with zero attached hydrogens (tertiary/aromatic N) is 4. The van der Waals surface area contributed by atoms with E-state index >= 15 is 0 Å². The van der Waals surface area contributed by atoms with Crippen LogP contribution in [-0.4, -0.2) is 35.1 Å². The maximum atomic E-state index is 11.3. The zero-order chi connectivity index (χ0) is 15.4. The highest BCUT2D eigenvalue weighted by molar-refractivity contribution is 5.65. The van der Waals surface area contributed by atoms with Crippen LogP contribution in [0.1, 0.15) is 32.3 Å². The summed E-state index contributed by atoms with van der Waals surface area (Å²) in [7, 11) is 0. The lowest BCUT2D eigenvalue weighted by molar-refractivity contribution is -0.384. The first-order valence-corrected chi connectivity index (χ1v) is 7.08. The van der Waals surface area contributed by atoms with Gasteiger partial charge in [0.2, 0.25) is 5.82 Å². The number of nitrogens with one attached hydrogen (secondary N) is 1. The van der Waals surface area contributed by atoms with Gasteiger partial charge in [-0.2, -0.15) is 5.26 Å². The van der Waals surface area contributed by atoms with Gasteiger partial charge in [0.25, 0.3) is 0 Å². The zero-order valence-corrected chi connectivity index (χ0v) is 12.2. The van der Waals surface area contributed by atoms with E-state index in [4.69, 9.17) is 5.26 Å². The number of nitriles is 1. The van der Waals surface area contributed by atoms with E-state index in [1.807, 2.05) is 24.8 Å². The van der Waals surface area contributed by atoms with Crippen molar-refractivity contribution in [1.29, 1.82) is 5.26 Å². The average molecular weight is 289 g/mol. The van der Waals surface area contributed by atoms with Gasteiger partial charge in [-0.15, -0.1) is 0 Å². The summed E-state index contributed by atoms with van der Waals surface area (Å²) in [6, 6.07) is 3.63. The summed E-state index contributed by atoms with van der Waals surface area (Å²) in [5, 5.41) is 23.8. The molecule has 1 aromatic heterocycles. The van der Waals surface area contributed by atoms with Crippen molar-refractivity contribution in [2.45, 2.75) is 38.8 Å². The molecule has 7 nitrogen and oxygen atoms in total. The molecule has 1 fully saturated rings. The van der Waals surface area contributed by atoms with Crippen molar-refractivity contribution >= 4 is 11.5 Å². The summed E-state index contributed by atoms with van der Waals surface area (Å²) in [5.41, 5.74) is -0.151. The van der Waals surface area contributed by atoms with Crippen LogP contribution in [0.5, 0.6) is 0 Å². The molecule has 1 aliphatic rings. The van der Waals surface area contributed by atoms with Crippen molar-refractivity contribution in [3.05, 3.63) is 27.9 Å². The molecule has 1 saturated heterocycles. The van der Waals surface area contributed by atoms with Crippen LogP contribution in [0.15, 0.2) is 12.3 Å². The summed E-state index contributed by atoms with van der Waals surface area (Å²) >= 11 is 0. The van der Waals surface area contributed by atoms with Crippen LogP contribution in [0.4, 0.5) is 11.5 Å². The minimum absolute atomic E-state index is 0.0510. The van der Waals surface area contributed by atoms with Crippen LogP contribution < -0.4 is 10.2 Å². The summed E-state index contributed by atoms with van der Waals surface area (Å²) in [6.07, 6.45) is 3.62. The van der Waals surface area contributed by atoms with Crippen LogP contribution in [0.25, 0.3) is 0 Å². The smallest absolute Gasteiger partial charge is 0.329 e. The normalized spacial score (nSPS) is 17.7. The van der Waals surface area contributed by atoms with E-state index in [0.29, 0.717) is 12.6 Å². The highest BCUT2D eigenvalue weighted by atomic mass is 16.6. The predicted molar refractivity (Wildman–Crippen MR) is 79.1 cm³/mol. The van der Waals surface area contributed by atoms with Crippen molar-refractivity contribution < 1.29 is 4.92 Å². The van der Waals surface area contributed by atoms with Crippen molar-refractivity contribution in [3.63, 3.8) is 0 Å². The van der Waals surface area contributed by atoms with Gasteiger partial charge in [-0.1, -0.05) is 0 Å². The van der Waals surface area contributed by atoms with Crippen molar-refractivity contribution in [1.82, 2.24) is 10.3 Å². The van der Waals surface area contributed by atoms with Gasteiger partial charge in [-0.05, 0) is 39.3 Å². The van der Waals surface area contributed by atoms with E-state index in [1.165, 1.54) is 12.3 Å². The molecule has 1 atom stereocenters. The average Bonchev–Trinajstić information content (AvgIpc) is 2.96. The summed E-state index contributed by atoms with van der Waals surface area (Å²) in [4.78, 5) is 16.9.